The first-order valence-corrected chi connectivity index (χ1v) is 19.7. The molecule has 0 spiro atoms. The van der Waals surface area contributed by atoms with E-state index in [4.69, 9.17) is 14.0 Å². The molecule has 0 bridgehead atoms. The molecular weight excluding hydrogens is 574 g/mol. The fraction of sp³-hybridized carbons (Fsp3) is 0.576. The van der Waals surface area contributed by atoms with Gasteiger partial charge in [0.05, 0.1) is 0 Å². The minimum atomic E-state index is -3.64. The molecule has 0 amide bonds. The monoisotopic (exact) mass is 626 g/mol. The zero-order chi connectivity index (χ0) is 28.9. The summed E-state index contributed by atoms with van der Waals surface area (Å²) in [6.45, 7) is 31.0. The molecule has 0 radical (unpaired) electrons. The molecule has 0 N–H and O–H groups in total. The molecule has 0 saturated carbocycles. The van der Waals surface area contributed by atoms with E-state index in [-0.39, 0.29) is 10.3 Å². The van der Waals surface area contributed by atoms with E-state index < -0.39 is 36.7 Å². The van der Waals surface area contributed by atoms with Crippen molar-refractivity contribution in [3.63, 3.8) is 0 Å². The summed E-state index contributed by atoms with van der Waals surface area (Å²) in [6.07, 6.45) is 0. The Labute approximate surface area is 237 Å². The zero-order valence-corrected chi connectivity index (χ0v) is 29.4. The van der Waals surface area contributed by atoms with Crippen molar-refractivity contribution >= 4 is 34.6 Å². The average molecular weight is 625 g/mol. The maximum absolute atomic E-state index is 6.90. The summed E-state index contributed by atoms with van der Waals surface area (Å²) >= 11 is -3.64. The van der Waals surface area contributed by atoms with Crippen LogP contribution in [0.15, 0.2) is 54.6 Å². The van der Waals surface area contributed by atoms with Gasteiger partial charge in [-0.25, -0.2) is 0 Å². The third-order valence-electron chi connectivity index (χ3n) is 8.97. The molecule has 1 aliphatic heterocycles. The summed E-state index contributed by atoms with van der Waals surface area (Å²) in [4.78, 5) is 0. The van der Waals surface area contributed by atoms with E-state index in [1.54, 1.807) is 7.11 Å². The van der Waals surface area contributed by atoms with Gasteiger partial charge in [0.25, 0.3) is 0 Å². The Morgan fingerprint density at radius 1 is 0.658 bits per heavy atom. The summed E-state index contributed by atoms with van der Waals surface area (Å²) in [5.74, 6) is 0.848. The van der Waals surface area contributed by atoms with Crippen LogP contribution in [0.1, 0.15) is 101 Å². The first kappa shape index (κ1) is 31.3. The van der Waals surface area contributed by atoms with Crippen molar-refractivity contribution in [1.82, 2.24) is 0 Å². The molecule has 2 aromatic carbocycles. The summed E-state index contributed by atoms with van der Waals surface area (Å²) in [6, 6.07) is 19.6. The number of rotatable bonds is 5. The number of benzene rings is 2. The standard InChI is InChI=1S/C21H24BO3.3C4H9.Sn/c1-20(2)21(3,4)25-22(24-20)19(15-16-9-7-6-8-10-16)17-11-13-18(23-5)14-12-17;3*1-4(2)3;/h6-14H,1-5H3;3*1-3H3;. The second-order valence-electron chi connectivity index (χ2n) is 15.0. The molecule has 1 fully saturated rings. The topological polar surface area (TPSA) is 27.7 Å². The number of hydrogen-bond donors (Lipinski definition) is 0. The molecule has 2 aromatic rings. The third kappa shape index (κ3) is 5.26. The fourth-order valence-electron chi connectivity index (χ4n) is 7.81. The van der Waals surface area contributed by atoms with Crippen LogP contribution in [0.3, 0.4) is 0 Å². The predicted molar refractivity (Wildman–Crippen MR) is 167 cm³/mol. The van der Waals surface area contributed by atoms with Crippen molar-refractivity contribution in [2.45, 2.75) is 112 Å². The minimum absolute atomic E-state index is 0.0950. The molecule has 1 saturated heterocycles. The summed E-state index contributed by atoms with van der Waals surface area (Å²) in [7, 11) is 1.24. The van der Waals surface area contributed by atoms with Crippen LogP contribution >= 0.6 is 0 Å². The quantitative estimate of drug-likeness (QED) is 0.245. The van der Waals surface area contributed by atoms with Crippen LogP contribution in [-0.2, 0) is 9.31 Å². The first-order chi connectivity index (χ1) is 17.2. The summed E-state index contributed by atoms with van der Waals surface area (Å²) < 4.78 is 21.1. The van der Waals surface area contributed by atoms with E-state index >= 15 is 0 Å². The van der Waals surface area contributed by atoms with Gasteiger partial charge in [-0.1, -0.05) is 0 Å². The van der Waals surface area contributed by atoms with E-state index in [2.05, 4.69) is 145 Å². The summed E-state index contributed by atoms with van der Waals surface area (Å²) in [5, 5.41) is 0. The Morgan fingerprint density at radius 3 is 1.45 bits per heavy atom. The normalized spacial score (nSPS) is 18.8. The van der Waals surface area contributed by atoms with E-state index in [1.165, 1.54) is 14.6 Å². The van der Waals surface area contributed by atoms with Gasteiger partial charge in [-0.3, -0.25) is 0 Å². The van der Waals surface area contributed by atoms with Gasteiger partial charge in [0.1, 0.15) is 0 Å². The predicted octanol–water partition coefficient (Wildman–Crippen LogP) is 9.63. The van der Waals surface area contributed by atoms with Crippen LogP contribution in [0.4, 0.5) is 0 Å². The van der Waals surface area contributed by atoms with Crippen LogP contribution in [0.5, 0.6) is 5.75 Å². The second-order valence-corrected chi connectivity index (χ2v) is 33.5. The zero-order valence-electron chi connectivity index (χ0n) is 26.5. The average Bonchev–Trinajstić information content (AvgIpc) is 2.98. The molecule has 0 unspecified atom stereocenters. The third-order valence-corrected chi connectivity index (χ3v) is 32.0. The van der Waals surface area contributed by atoms with E-state index in [9.17, 15) is 0 Å². The van der Waals surface area contributed by atoms with Gasteiger partial charge in [-0.2, -0.15) is 0 Å². The Bertz CT molecular complexity index is 1090. The van der Waals surface area contributed by atoms with Gasteiger partial charge in [0, 0.05) is 0 Å². The van der Waals surface area contributed by atoms with E-state index in [1.807, 2.05) is 0 Å². The van der Waals surface area contributed by atoms with Crippen molar-refractivity contribution < 1.29 is 14.0 Å². The van der Waals surface area contributed by atoms with Crippen LogP contribution in [0, 0.1) is 0 Å². The number of hydrogen-bond acceptors (Lipinski definition) is 3. The molecule has 3 nitrogen and oxygen atoms in total. The molecular formula is C33H51BO3Sn. The first-order valence-electron chi connectivity index (χ1n) is 14.0. The Hall–Kier alpha value is -1.24. The van der Waals surface area contributed by atoms with Gasteiger partial charge in [0.15, 0.2) is 0 Å². The Balaban J connectivity index is 2.64. The number of methoxy groups -OCH3 is 1. The molecule has 1 aliphatic rings. The molecule has 208 valence electrons. The fourth-order valence-corrected chi connectivity index (χ4v) is 37.1. The summed E-state index contributed by atoms with van der Waals surface area (Å²) in [5.41, 5.74) is 2.74. The molecule has 3 rings (SSSR count). The SMILES string of the molecule is COc1ccc(/C(B2OC(C)(C)C(C)(C)O2)=[C](\c2ccccc2)[Sn]([C](C)(C)C)([C](C)(C)C)[C](C)(C)C)cc1. The van der Waals surface area contributed by atoms with Crippen molar-refractivity contribution in [2.24, 2.45) is 0 Å². The molecule has 0 aromatic heterocycles. The van der Waals surface area contributed by atoms with Gasteiger partial charge in [-0.05, 0) is 0 Å². The van der Waals surface area contributed by atoms with Crippen molar-refractivity contribution in [2.75, 3.05) is 7.11 Å². The van der Waals surface area contributed by atoms with Crippen LogP contribution in [-0.4, -0.2) is 43.8 Å². The van der Waals surface area contributed by atoms with Crippen LogP contribution in [0.2, 0.25) is 10.3 Å². The maximum atomic E-state index is 6.90. The van der Waals surface area contributed by atoms with Gasteiger partial charge >= 0.3 is 239 Å². The van der Waals surface area contributed by atoms with Crippen LogP contribution in [0.25, 0.3) is 9.06 Å². The van der Waals surface area contributed by atoms with Crippen molar-refractivity contribution in [3.05, 3.63) is 65.7 Å². The van der Waals surface area contributed by atoms with E-state index in [0.717, 1.165) is 11.3 Å². The number of ether oxygens (including phenoxy) is 1. The van der Waals surface area contributed by atoms with Crippen LogP contribution < -0.4 is 4.74 Å². The van der Waals surface area contributed by atoms with Crippen molar-refractivity contribution in [1.29, 1.82) is 0 Å². The molecule has 5 heteroatoms. The van der Waals surface area contributed by atoms with Gasteiger partial charge in [0.2, 0.25) is 0 Å². The van der Waals surface area contributed by atoms with Gasteiger partial charge in [-0.15, -0.1) is 0 Å². The van der Waals surface area contributed by atoms with Crippen molar-refractivity contribution in [3.8, 4) is 5.75 Å². The second kappa shape index (κ2) is 10.3. The van der Waals surface area contributed by atoms with Gasteiger partial charge < -0.3 is 0 Å². The molecule has 0 aliphatic carbocycles. The molecule has 0 atom stereocenters. The Kier molecular flexibility index (Phi) is 8.49. The molecule has 38 heavy (non-hydrogen) atoms. The van der Waals surface area contributed by atoms with E-state index in [0.29, 0.717) is 0 Å². The Morgan fingerprint density at radius 2 is 1.08 bits per heavy atom. The molecule has 1 heterocycles.